The molecular formula is C18H18FN3O4. The van der Waals surface area contributed by atoms with Crippen LogP contribution in [0.4, 0.5) is 21.5 Å². The summed E-state index contributed by atoms with van der Waals surface area (Å²) in [5.41, 5.74) is 1.66. The Kier molecular flexibility index (Phi) is 5.13. The number of nitrogens with zero attached hydrogens (tertiary/aromatic N) is 2. The van der Waals surface area contributed by atoms with E-state index in [2.05, 4.69) is 5.32 Å². The fraction of sp³-hybridized carbons (Fsp3) is 0.278. The van der Waals surface area contributed by atoms with E-state index in [4.69, 9.17) is 4.74 Å². The quantitative estimate of drug-likeness (QED) is 0.670. The Morgan fingerprint density at radius 2 is 1.96 bits per heavy atom. The molecule has 0 saturated carbocycles. The van der Waals surface area contributed by atoms with Gasteiger partial charge in [-0.05, 0) is 36.8 Å². The van der Waals surface area contributed by atoms with E-state index in [1.165, 1.54) is 30.3 Å². The summed E-state index contributed by atoms with van der Waals surface area (Å²) in [6, 6.07) is 8.25. The van der Waals surface area contributed by atoms with Gasteiger partial charge < -0.3 is 15.0 Å². The van der Waals surface area contributed by atoms with E-state index in [9.17, 15) is 19.3 Å². The molecule has 0 radical (unpaired) electrons. The zero-order valence-electron chi connectivity index (χ0n) is 14.2. The third kappa shape index (κ3) is 3.80. The zero-order valence-corrected chi connectivity index (χ0v) is 14.2. The second kappa shape index (κ2) is 7.49. The molecule has 1 N–H and O–H groups in total. The first kappa shape index (κ1) is 17.8. The van der Waals surface area contributed by atoms with E-state index in [-0.39, 0.29) is 11.3 Å². The van der Waals surface area contributed by atoms with Crippen LogP contribution in [0.25, 0.3) is 0 Å². The number of hydrogen-bond donors (Lipinski definition) is 1. The first-order valence-electron chi connectivity index (χ1n) is 8.14. The van der Waals surface area contributed by atoms with Gasteiger partial charge in [-0.15, -0.1) is 0 Å². The molecular weight excluding hydrogens is 341 g/mol. The molecule has 26 heavy (non-hydrogen) atoms. The van der Waals surface area contributed by atoms with Crippen LogP contribution in [0.15, 0.2) is 36.4 Å². The Morgan fingerprint density at radius 1 is 1.23 bits per heavy atom. The van der Waals surface area contributed by atoms with Crippen LogP contribution in [0.5, 0.6) is 0 Å². The van der Waals surface area contributed by atoms with Crippen LogP contribution in [-0.4, -0.2) is 37.1 Å². The van der Waals surface area contributed by atoms with Crippen molar-refractivity contribution in [2.75, 3.05) is 36.5 Å². The summed E-state index contributed by atoms with van der Waals surface area (Å²) in [6.45, 7) is 3.90. The summed E-state index contributed by atoms with van der Waals surface area (Å²) >= 11 is 0. The smallest absolute Gasteiger partial charge is 0.270 e. The predicted molar refractivity (Wildman–Crippen MR) is 95.2 cm³/mol. The van der Waals surface area contributed by atoms with Gasteiger partial charge in [-0.2, -0.15) is 0 Å². The van der Waals surface area contributed by atoms with Crippen molar-refractivity contribution < 1.29 is 18.8 Å². The van der Waals surface area contributed by atoms with Gasteiger partial charge in [-0.1, -0.05) is 0 Å². The minimum absolute atomic E-state index is 0.164. The van der Waals surface area contributed by atoms with Crippen LogP contribution in [0.1, 0.15) is 15.9 Å². The minimum atomic E-state index is -0.539. The number of hydrogen-bond acceptors (Lipinski definition) is 5. The number of nitro benzene ring substituents is 1. The molecule has 2 aromatic rings. The highest BCUT2D eigenvalue weighted by molar-refractivity contribution is 6.09. The van der Waals surface area contributed by atoms with Crippen LogP contribution in [-0.2, 0) is 4.74 Å². The van der Waals surface area contributed by atoms with Crippen molar-refractivity contribution in [3.8, 4) is 0 Å². The highest BCUT2D eigenvalue weighted by Gasteiger charge is 2.22. The molecule has 0 bridgehead atoms. The second-order valence-electron chi connectivity index (χ2n) is 5.97. The van der Waals surface area contributed by atoms with Crippen LogP contribution in [0.3, 0.4) is 0 Å². The normalized spacial score (nSPS) is 14.2. The average Bonchev–Trinajstić information content (AvgIpc) is 2.64. The topological polar surface area (TPSA) is 84.7 Å². The number of carbonyl (C=O) groups is 1. The third-order valence-corrected chi connectivity index (χ3v) is 4.22. The van der Waals surface area contributed by atoms with Gasteiger partial charge in [0.05, 0.1) is 29.4 Å². The monoisotopic (exact) mass is 359 g/mol. The van der Waals surface area contributed by atoms with Crippen molar-refractivity contribution in [1.82, 2.24) is 0 Å². The standard InChI is InChI=1S/C18H18FN3O4/c1-12-10-13(19)2-4-16(12)20-18(23)15-11-14(22(24)25)3-5-17(15)21-6-8-26-9-7-21/h2-5,10-11H,6-9H2,1H3,(H,20,23). The van der Waals surface area contributed by atoms with Gasteiger partial charge in [0, 0.05) is 30.9 Å². The maximum atomic E-state index is 13.3. The number of halogens is 1. The molecule has 8 heteroatoms. The van der Waals surface area contributed by atoms with Crippen LogP contribution in [0, 0.1) is 22.9 Å². The number of amides is 1. The van der Waals surface area contributed by atoms with E-state index >= 15 is 0 Å². The maximum absolute atomic E-state index is 13.3. The first-order chi connectivity index (χ1) is 12.5. The number of nitro groups is 1. The number of ether oxygens (including phenoxy) is 1. The van der Waals surface area contributed by atoms with E-state index in [0.29, 0.717) is 43.2 Å². The predicted octanol–water partition coefficient (Wildman–Crippen LogP) is 3.13. The summed E-state index contributed by atoms with van der Waals surface area (Å²) in [4.78, 5) is 25.3. The van der Waals surface area contributed by atoms with E-state index in [1.54, 1.807) is 13.0 Å². The van der Waals surface area contributed by atoms with Gasteiger partial charge in [0.1, 0.15) is 5.82 Å². The lowest BCUT2D eigenvalue weighted by Crippen LogP contribution is -2.37. The molecule has 1 aliphatic heterocycles. The van der Waals surface area contributed by atoms with Gasteiger partial charge in [0.15, 0.2) is 0 Å². The van der Waals surface area contributed by atoms with Crippen molar-refractivity contribution in [1.29, 1.82) is 0 Å². The summed E-state index contributed by atoms with van der Waals surface area (Å²) in [6.07, 6.45) is 0. The van der Waals surface area contributed by atoms with Crippen molar-refractivity contribution >= 4 is 23.0 Å². The van der Waals surface area contributed by atoms with E-state index < -0.39 is 16.6 Å². The van der Waals surface area contributed by atoms with Crippen LogP contribution < -0.4 is 10.2 Å². The molecule has 0 spiro atoms. The Balaban J connectivity index is 1.95. The maximum Gasteiger partial charge on any atom is 0.270 e. The minimum Gasteiger partial charge on any atom is -0.378 e. The van der Waals surface area contributed by atoms with Gasteiger partial charge in [0.25, 0.3) is 11.6 Å². The van der Waals surface area contributed by atoms with Crippen LogP contribution in [0.2, 0.25) is 0 Å². The Hall–Kier alpha value is -3.00. The Labute approximate surface area is 149 Å². The average molecular weight is 359 g/mol. The van der Waals surface area contributed by atoms with Gasteiger partial charge in [-0.25, -0.2) is 4.39 Å². The molecule has 7 nitrogen and oxygen atoms in total. The summed E-state index contributed by atoms with van der Waals surface area (Å²) in [7, 11) is 0. The SMILES string of the molecule is Cc1cc(F)ccc1NC(=O)c1cc([N+](=O)[O-])ccc1N1CCOCC1. The van der Waals surface area contributed by atoms with E-state index in [1.807, 2.05) is 4.90 Å². The van der Waals surface area contributed by atoms with Crippen molar-refractivity contribution in [3.05, 3.63) is 63.5 Å². The fourth-order valence-electron chi connectivity index (χ4n) is 2.86. The number of non-ortho nitro benzene ring substituents is 1. The lowest BCUT2D eigenvalue weighted by Gasteiger charge is -2.30. The molecule has 0 aromatic heterocycles. The summed E-state index contributed by atoms with van der Waals surface area (Å²) in [5.74, 6) is -0.880. The molecule has 1 amide bonds. The Bertz CT molecular complexity index is 850. The number of carbonyl (C=O) groups excluding carboxylic acids is 1. The molecule has 0 atom stereocenters. The number of rotatable bonds is 4. The largest absolute Gasteiger partial charge is 0.378 e. The molecule has 0 unspecified atom stereocenters. The highest BCUT2D eigenvalue weighted by Crippen LogP contribution is 2.28. The lowest BCUT2D eigenvalue weighted by molar-refractivity contribution is -0.384. The number of anilines is 2. The molecule has 136 valence electrons. The molecule has 1 heterocycles. The first-order valence-corrected chi connectivity index (χ1v) is 8.14. The molecule has 3 rings (SSSR count). The van der Waals surface area contributed by atoms with Crippen LogP contribution >= 0.6 is 0 Å². The second-order valence-corrected chi connectivity index (χ2v) is 5.97. The molecule has 1 fully saturated rings. The van der Waals surface area contributed by atoms with Gasteiger partial charge >= 0.3 is 0 Å². The number of nitrogens with one attached hydrogen (secondary N) is 1. The molecule has 1 saturated heterocycles. The lowest BCUT2D eigenvalue weighted by atomic mass is 10.1. The Morgan fingerprint density at radius 3 is 2.62 bits per heavy atom. The molecule has 2 aromatic carbocycles. The summed E-state index contributed by atoms with van der Waals surface area (Å²) in [5, 5.41) is 13.8. The van der Waals surface area contributed by atoms with Gasteiger partial charge in [-0.3, -0.25) is 14.9 Å². The molecule has 1 aliphatic rings. The van der Waals surface area contributed by atoms with E-state index in [0.717, 1.165) is 0 Å². The summed E-state index contributed by atoms with van der Waals surface area (Å²) < 4.78 is 18.6. The van der Waals surface area contributed by atoms with Crippen molar-refractivity contribution in [2.24, 2.45) is 0 Å². The number of aryl methyl sites for hydroxylation is 1. The van der Waals surface area contributed by atoms with Crippen molar-refractivity contribution in [2.45, 2.75) is 6.92 Å². The fourth-order valence-corrected chi connectivity index (χ4v) is 2.86. The van der Waals surface area contributed by atoms with Crippen molar-refractivity contribution in [3.63, 3.8) is 0 Å². The number of benzene rings is 2. The van der Waals surface area contributed by atoms with Gasteiger partial charge in [0.2, 0.25) is 0 Å². The number of morpholine rings is 1. The third-order valence-electron chi connectivity index (χ3n) is 4.22. The molecule has 0 aliphatic carbocycles. The highest BCUT2D eigenvalue weighted by atomic mass is 19.1. The zero-order chi connectivity index (χ0) is 18.7.